The lowest BCUT2D eigenvalue weighted by Crippen LogP contribution is -1.78. The van der Waals surface area contributed by atoms with Crippen LogP contribution in [0.2, 0.25) is 0 Å². The average Bonchev–Trinajstić information content (AvgIpc) is 2.40. The number of nitrogens with zero attached hydrogens (tertiary/aromatic N) is 3. The fourth-order valence-electron chi connectivity index (χ4n) is 0.916. The van der Waals surface area contributed by atoms with Crippen molar-refractivity contribution in [2.75, 3.05) is 7.11 Å². The van der Waals surface area contributed by atoms with Crippen LogP contribution in [0.4, 0.5) is 0 Å². The maximum Gasteiger partial charge on any atom is 0.0830 e. The van der Waals surface area contributed by atoms with Crippen molar-refractivity contribution in [3.8, 4) is 0 Å². The summed E-state index contributed by atoms with van der Waals surface area (Å²) in [5, 5.41) is 10.1. The van der Waals surface area contributed by atoms with E-state index in [-0.39, 0.29) is 0 Å². The van der Waals surface area contributed by atoms with Crippen LogP contribution in [0, 0.1) is 0 Å². The van der Waals surface area contributed by atoms with Gasteiger partial charge in [-0.3, -0.25) is 0 Å². The summed E-state index contributed by atoms with van der Waals surface area (Å²) in [6.07, 6.45) is 6.73. The van der Waals surface area contributed by atoms with E-state index in [0.29, 0.717) is 0 Å². The van der Waals surface area contributed by atoms with Gasteiger partial charge in [0.25, 0.3) is 0 Å². The molecule has 0 amide bonds. The zero-order chi connectivity index (χ0) is 11.5. The summed E-state index contributed by atoms with van der Waals surface area (Å²) in [6, 6.07) is 11.7. The number of hydrogen-bond donors (Lipinski definition) is 0. The number of aromatic nitrogens is 3. The first-order chi connectivity index (χ1) is 7.93. The number of hydrogen-bond acceptors (Lipinski definition) is 4. The van der Waals surface area contributed by atoms with Crippen LogP contribution in [0.15, 0.2) is 55.1 Å². The van der Waals surface area contributed by atoms with Crippen molar-refractivity contribution in [1.82, 2.24) is 15.4 Å². The highest BCUT2D eigenvalue weighted by atomic mass is 16.5. The Labute approximate surface area is 94.6 Å². The standard InChI is InChI=1S/C9H10O.C3H3N3/c1-10-8-7-9-5-3-2-4-6-9;1-2-4-6-5-3-1/h2-8H,1H3;1-3H. The van der Waals surface area contributed by atoms with Crippen molar-refractivity contribution in [3.05, 3.63) is 60.6 Å². The molecule has 0 atom stereocenters. The van der Waals surface area contributed by atoms with Crippen LogP contribution in [-0.2, 0) is 4.74 Å². The molecule has 0 fully saturated rings. The molecule has 0 bridgehead atoms. The van der Waals surface area contributed by atoms with Crippen molar-refractivity contribution in [1.29, 1.82) is 0 Å². The Morgan fingerprint density at radius 2 is 1.69 bits per heavy atom. The largest absolute Gasteiger partial charge is 0.504 e. The molecule has 0 saturated carbocycles. The molecule has 1 aromatic heterocycles. The smallest absolute Gasteiger partial charge is 0.0830 e. The molecule has 0 aliphatic heterocycles. The first kappa shape index (κ1) is 11.8. The van der Waals surface area contributed by atoms with E-state index in [1.54, 1.807) is 31.8 Å². The highest BCUT2D eigenvalue weighted by Crippen LogP contribution is 1.99. The molecule has 0 aliphatic rings. The fraction of sp³-hybridized carbons (Fsp3) is 0.0833. The highest BCUT2D eigenvalue weighted by Gasteiger charge is 1.79. The maximum absolute atomic E-state index is 4.77. The Morgan fingerprint density at radius 3 is 2.12 bits per heavy atom. The van der Waals surface area contributed by atoms with Gasteiger partial charge >= 0.3 is 0 Å². The van der Waals surface area contributed by atoms with E-state index >= 15 is 0 Å². The number of methoxy groups -OCH3 is 1. The van der Waals surface area contributed by atoms with Gasteiger partial charge in [-0.1, -0.05) is 30.3 Å². The molecule has 4 heteroatoms. The molecule has 2 rings (SSSR count). The van der Waals surface area contributed by atoms with E-state index in [1.165, 1.54) is 0 Å². The Bertz CT molecular complexity index is 363. The van der Waals surface area contributed by atoms with Gasteiger partial charge in [-0.2, -0.15) is 0 Å². The summed E-state index contributed by atoms with van der Waals surface area (Å²) < 4.78 is 4.77. The van der Waals surface area contributed by atoms with Crippen molar-refractivity contribution in [2.45, 2.75) is 0 Å². The third-order valence-electron chi connectivity index (χ3n) is 1.60. The molecule has 0 spiro atoms. The van der Waals surface area contributed by atoms with Crippen molar-refractivity contribution < 1.29 is 4.74 Å². The van der Waals surface area contributed by atoms with E-state index in [2.05, 4.69) is 15.4 Å². The Morgan fingerprint density at radius 1 is 1.00 bits per heavy atom. The first-order valence-corrected chi connectivity index (χ1v) is 4.76. The minimum atomic E-state index is 1.16. The van der Waals surface area contributed by atoms with Gasteiger partial charge in [0.05, 0.1) is 25.8 Å². The third-order valence-corrected chi connectivity index (χ3v) is 1.60. The van der Waals surface area contributed by atoms with E-state index in [1.807, 2.05) is 36.4 Å². The molecule has 0 N–H and O–H groups in total. The zero-order valence-electron chi connectivity index (χ0n) is 9.02. The summed E-state index contributed by atoms with van der Waals surface area (Å²) in [6.45, 7) is 0. The average molecular weight is 215 g/mol. The maximum atomic E-state index is 4.77. The predicted molar refractivity (Wildman–Crippen MR) is 62.3 cm³/mol. The SMILES string of the molecule is COC=Cc1ccccc1.c1cnnnc1. The Hall–Kier alpha value is -2.23. The molecular formula is C12H13N3O. The summed E-state index contributed by atoms with van der Waals surface area (Å²) in [7, 11) is 1.64. The quantitative estimate of drug-likeness (QED) is 0.720. The van der Waals surface area contributed by atoms with Crippen LogP contribution >= 0.6 is 0 Å². The van der Waals surface area contributed by atoms with Crippen molar-refractivity contribution in [2.24, 2.45) is 0 Å². The van der Waals surface area contributed by atoms with Crippen LogP contribution in [0.25, 0.3) is 6.08 Å². The molecule has 0 radical (unpaired) electrons. The van der Waals surface area contributed by atoms with Gasteiger partial charge in [-0.15, -0.1) is 10.2 Å². The van der Waals surface area contributed by atoms with Gasteiger partial charge in [0, 0.05) is 0 Å². The normalized spacial score (nSPS) is 9.31. The zero-order valence-corrected chi connectivity index (χ0v) is 9.02. The molecule has 0 saturated heterocycles. The van der Waals surface area contributed by atoms with Gasteiger partial charge in [0.15, 0.2) is 0 Å². The van der Waals surface area contributed by atoms with Crippen LogP contribution in [0.1, 0.15) is 5.56 Å². The number of rotatable bonds is 2. The second kappa shape index (κ2) is 8.11. The van der Waals surface area contributed by atoms with Crippen LogP contribution in [-0.4, -0.2) is 22.5 Å². The minimum absolute atomic E-state index is 1.16. The fourth-order valence-corrected chi connectivity index (χ4v) is 0.916. The van der Waals surface area contributed by atoms with Gasteiger partial charge in [-0.05, 0) is 22.9 Å². The van der Waals surface area contributed by atoms with Gasteiger partial charge in [-0.25, -0.2) is 0 Å². The van der Waals surface area contributed by atoms with E-state index in [4.69, 9.17) is 4.74 Å². The highest BCUT2D eigenvalue weighted by molar-refractivity contribution is 5.47. The first-order valence-electron chi connectivity index (χ1n) is 4.76. The van der Waals surface area contributed by atoms with E-state index in [0.717, 1.165) is 5.56 Å². The minimum Gasteiger partial charge on any atom is -0.504 e. The van der Waals surface area contributed by atoms with Crippen molar-refractivity contribution in [3.63, 3.8) is 0 Å². The van der Waals surface area contributed by atoms with Gasteiger partial charge in [0.2, 0.25) is 0 Å². The molecule has 16 heavy (non-hydrogen) atoms. The predicted octanol–water partition coefficient (Wildman–Crippen LogP) is 2.18. The summed E-state index contributed by atoms with van der Waals surface area (Å²) in [5.41, 5.74) is 1.16. The topological polar surface area (TPSA) is 47.9 Å². The summed E-state index contributed by atoms with van der Waals surface area (Å²) >= 11 is 0. The van der Waals surface area contributed by atoms with Gasteiger partial charge in [0.1, 0.15) is 0 Å². The van der Waals surface area contributed by atoms with Crippen molar-refractivity contribution >= 4 is 6.08 Å². The van der Waals surface area contributed by atoms with Crippen LogP contribution < -0.4 is 0 Å². The molecule has 2 aromatic rings. The van der Waals surface area contributed by atoms with E-state index < -0.39 is 0 Å². The number of benzene rings is 1. The molecule has 1 aromatic carbocycles. The third kappa shape index (κ3) is 5.49. The lowest BCUT2D eigenvalue weighted by atomic mass is 10.2. The molecule has 1 heterocycles. The molecule has 0 unspecified atom stereocenters. The van der Waals surface area contributed by atoms with Crippen LogP contribution in [0.5, 0.6) is 0 Å². The molecule has 82 valence electrons. The Balaban J connectivity index is 0.000000181. The monoisotopic (exact) mass is 215 g/mol. The Kier molecular flexibility index (Phi) is 6.00. The van der Waals surface area contributed by atoms with Crippen LogP contribution in [0.3, 0.4) is 0 Å². The summed E-state index contributed by atoms with van der Waals surface area (Å²) in [4.78, 5) is 0. The number of ether oxygens (including phenoxy) is 1. The second-order valence-corrected chi connectivity index (χ2v) is 2.76. The molecular weight excluding hydrogens is 202 g/mol. The van der Waals surface area contributed by atoms with Gasteiger partial charge < -0.3 is 4.74 Å². The summed E-state index contributed by atoms with van der Waals surface area (Å²) in [5.74, 6) is 0. The molecule has 0 aliphatic carbocycles. The van der Waals surface area contributed by atoms with E-state index in [9.17, 15) is 0 Å². The second-order valence-electron chi connectivity index (χ2n) is 2.76. The lowest BCUT2D eigenvalue weighted by Gasteiger charge is -1.89. The molecule has 4 nitrogen and oxygen atoms in total. The lowest BCUT2D eigenvalue weighted by molar-refractivity contribution is 0.341.